The molecule has 1 aliphatic heterocycles. The first-order chi connectivity index (χ1) is 18.2. The van der Waals surface area contributed by atoms with Gasteiger partial charge < -0.3 is 9.47 Å². The van der Waals surface area contributed by atoms with E-state index in [4.69, 9.17) is 26.1 Å². The lowest BCUT2D eigenvalue weighted by Gasteiger charge is -2.17. The monoisotopic (exact) mass is 664 g/mol. The zero-order valence-corrected chi connectivity index (χ0v) is 24.9. The molecule has 0 N–H and O–H groups in total. The summed E-state index contributed by atoms with van der Waals surface area (Å²) < 4.78 is 26.7. The molecule has 0 atom stereocenters. The number of carbonyl (C=O) groups excluding carboxylic acids is 1. The quantitative estimate of drug-likeness (QED) is 0.171. The Labute approximate surface area is 245 Å². The molecular weight excluding hydrogens is 638 g/mol. The molecule has 5 nitrogen and oxygen atoms in total. The first-order valence-corrected chi connectivity index (χ1v) is 14.4. The summed E-state index contributed by atoms with van der Waals surface area (Å²) in [4.78, 5) is 20.4. The van der Waals surface area contributed by atoms with Crippen LogP contribution in [-0.2, 0) is 11.4 Å². The van der Waals surface area contributed by atoms with Gasteiger partial charge >= 0.3 is 0 Å². The maximum Gasteiger partial charge on any atom is 0.266 e. The molecule has 1 saturated heterocycles. The first-order valence-electron chi connectivity index (χ1n) is 12.1. The van der Waals surface area contributed by atoms with Gasteiger partial charge in [-0.3, -0.25) is 9.69 Å². The van der Waals surface area contributed by atoms with E-state index in [1.807, 2.05) is 37.3 Å². The minimum Gasteiger partial charge on any atom is -0.490 e. The lowest BCUT2D eigenvalue weighted by Crippen LogP contribution is -2.32. The molecule has 38 heavy (non-hydrogen) atoms. The number of rotatable bonds is 9. The highest BCUT2D eigenvalue weighted by Gasteiger charge is 2.34. The molecule has 3 aromatic rings. The van der Waals surface area contributed by atoms with E-state index in [1.165, 1.54) is 17.8 Å². The molecule has 0 radical (unpaired) electrons. The number of thioether (sulfide) groups is 1. The van der Waals surface area contributed by atoms with Crippen LogP contribution in [0.4, 0.5) is 10.1 Å². The second-order valence-corrected chi connectivity index (χ2v) is 11.5. The van der Waals surface area contributed by atoms with Crippen LogP contribution >= 0.6 is 46.0 Å². The molecular formula is C29H27ClFIN2O3S. The Hall–Kier alpha value is -2.56. The average molecular weight is 665 g/mol. The summed E-state index contributed by atoms with van der Waals surface area (Å²) in [6.45, 7) is 7.08. The van der Waals surface area contributed by atoms with E-state index in [0.29, 0.717) is 45.3 Å². The number of nitrogens with zero attached hydrogens (tertiary/aromatic N) is 2. The van der Waals surface area contributed by atoms with E-state index in [9.17, 15) is 9.18 Å². The Morgan fingerprint density at radius 2 is 1.87 bits per heavy atom. The zero-order valence-electron chi connectivity index (χ0n) is 21.2. The summed E-state index contributed by atoms with van der Waals surface area (Å²) in [6.07, 6.45) is 1.84. The van der Waals surface area contributed by atoms with E-state index in [2.05, 4.69) is 36.4 Å². The highest BCUT2D eigenvalue weighted by atomic mass is 127. The standard InChI is InChI=1S/C29H27ClFIN2O3S/c1-4-36-25-14-19(13-24(32)27(25)37-17-20-7-5-6-8-23(20)31)15-26-28(35)34(16-18(2)3)29(38-26)33-22-11-9-21(30)10-12-22/h5-15,18H,4,16-17H2,1-3H3/b26-15-,33-29?. The van der Waals surface area contributed by atoms with Crippen LogP contribution in [0.5, 0.6) is 11.5 Å². The van der Waals surface area contributed by atoms with Crippen molar-refractivity contribution in [3.8, 4) is 11.5 Å². The molecule has 198 valence electrons. The number of carbonyl (C=O) groups is 1. The maximum absolute atomic E-state index is 14.1. The summed E-state index contributed by atoms with van der Waals surface area (Å²) in [6, 6.07) is 17.5. The molecule has 0 aliphatic carbocycles. The molecule has 3 aromatic carbocycles. The summed E-state index contributed by atoms with van der Waals surface area (Å²) >= 11 is 9.53. The fourth-order valence-corrected chi connectivity index (χ4v) is 5.65. The highest BCUT2D eigenvalue weighted by molar-refractivity contribution is 14.1. The van der Waals surface area contributed by atoms with Crippen molar-refractivity contribution in [2.24, 2.45) is 10.9 Å². The predicted octanol–water partition coefficient (Wildman–Crippen LogP) is 8.32. The van der Waals surface area contributed by atoms with E-state index in [1.54, 1.807) is 35.2 Å². The minimum absolute atomic E-state index is 0.0756. The third-order valence-corrected chi connectivity index (χ3v) is 7.51. The molecule has 1 amide bonds. The normalized spacial score (nSPS) is 15.7. The topological polar surface area (TPSA) is 51.1 Å². The molecule has 0 spiro atoms. The molecule has 0 aromatic heterocycles. The molecule has 0 bridgehead atoms. The van der Waals surface area contributed by atoms with Crippen molar-refractivity contribution in [2.75, 3.05) is 13.2 Å². The van der Waals surface area contributed by atoms with E-state index < -0.39 is 0 Å². The molecule has 1 fully saturated rings. The first kappa shape index (κ1) is 28.4. The van der Waals surface area contributed by atoms with Crippen molar-refractivity contribution in [1.82, 2.24) is 4.90 Å². The fraction of sp³-hybridized carbons (Fsp3) is 0.241. The van der Waals surface area contributed by atoms with Gasteiger partial charge in [0, 0.05) is 17.1 Å². The number of benzene rings is 3. The van der Waals surface area contributed by atoms with E-state index >= 15 is 0 Å². The molecule has 0 saturated carbocycles. The molecule has 0 unspecified atom stereocenters. The van der Waals surface area contributed by atoms with Gasteiger partial charge in [-0.2, -0.15) is 0 Å². The average Bonchev–Trinajstić information content (AvgIpc) is 3.14. The van der Waals surface area contributed by atoms with E-state index in [-0.39, 0.29) is 24.2 Å². The van der Waals surface area contributed by atoms with Crippen molar-refractivity contribution in [1.29, 1.82) is 0 Å². The van der Waals surface area contributed by atoms with Gasteiger partial charge in [0.15, 0.2) is 16.7 Å². The zero-order chi connectivity index (χ0) is 27.2. The van der Waals surface area contributed by atoms with Gasteiger partial charge in [-0.05, 0) is 101 Å². The van der Waals surface area contributed by atoms with Crippen LogP contribution in [0.1, 0.15) is 31.9 Å². The van der Waals surface area contributed by atoms with Crippen LogP contribution < -0.4 is 9.47 Å². The Morgan fingerprint density at radius 3 is 2.55 bits per heavy atom. The van der Waals surface area contributed by atoms with Crippen LogP contribution in [0.3, 0.4) is 0 Å². The number of hydrogen-bond donors (Lipinski definition) is 0. The third-order valence-electron chi connectivity index (χ3n) is 5.45. The third kappa shape index (κ3) is 7.09. The number of amides is 1. The number of aliphatic imine (C=N–C) groups is 1. The Bertz CT molecular complexity index is 1380. The van der Waals surface area contributed by atoms with Crippen molar-refractivity contribution in [3.63, 3.8) is 0 Å². The fourth-order valence-electron chi connectivity index (χ4n) is 3.73. The summed E-state index contributed by atoms with van der Waals surface area (Å²) in [5, 5.41) is 1.26. The van der Waals surface area contributed by atoms with Gasteiger partial charge in [0.25, 0.3) is 5.91 Å². The predicted molar refractivity (Wildman–Crippen MR) is 162 cm³/mol. The van der Waals surface area contributed by atoms with Crippen molar-refractivity contribution in [2.45, 2.75) is 27.4 Å². The number of hydrogen-bond acceptors (Lipinski definition) is 5. The van der Waals surface area contributed by atoms with Gasteiger partial charge in [0.1, 0.15) is 12.4 Å². The number of ether oxygens (including phenoxy) is 2. The molecule has 1 heterocycles. The van der Waals surface area contributed by atoms with E-state index in [0.717, 1.165) is 14.8 Å². The van der Waals surface area contributed by atoms with Gasteiger partial charge in [0.2, 0.25) is 0 Å². The summed E-state index contributed by atoms with van der Waals surface area (Å²) in [5.74, 6) is 0.928. The Morgan fingerprint density at radius 1 is 1.13 bits per heavy atom. The number of amidine groups is 1. The van der Waals surface area contributed by atoms with Crippen LogP contribution in [-0.4, -0.2) is 29.1 Å². The van der Waals surface area contributed by atoms with Crippen LogP contribution in [0.25, 0.3) is 6.08 Å². The maximum atomic E-state index is 14.1. The van der Waals surface area contributed by atoms with Crippen molar-refractivity contribution < 1.29 is 18.7 Å². The number of halogens is 3. The van der Waals surface area contributed by atoms with Gasteiger partial charge in [0.05, 0.1) is 20.8 Å². The van der Waals surface area contributed by atoms with Crippen molar-refractivity contribution in [3.05, 3.63) is 91.1 Å². The second kappa shape index (κ2) is 13.0. The highest BCUT2D eigenvalue weighted by Crippen LogP contribution is 2.39. The smallest absolute Gasteiger partial charge is 0.266 e. The molecule has 1 aliphatic rings. The second-order valence-electron chi connectivity index (χ2n) is 8.93. The Balaban J connectivity index is 1.64. The van der Waals surface area contributed by atoms with Gasteiger partial charge in [-0.25, -0.2) is 9.38 Å². The van der Waals surface area contributed by atoms with Crippen LogP contribution in [0.2, 0.25) is 5.02 Å². The van der Waals surface area contributed by atoms with Crippen molar-refractivity contribution >= 4 is 68.8 Å². The van der Waals surface area contributed by atoms with Crippen LogP contribution in [0, 0.1) is 15.3 Å². The lowest BCUT2D eigenvalue weighted by molar-refractivity contribution is -0.122. The summed E-state index contributed by atoms with van der Waals surface area (Å²) in [5.41, 5.74) is 1.98. The molecule has 9 heteroatoms. The largest absolute Gasteiger partial charge is 0.490 e. The van der Waals surface area contributed by atoms with Gasteiger partial charge in [-0.1, -0.05) is 43.6 Å². The van der Waals surface area contributed by atoms with Gasteiger partial charge in [-0.15, -0.1) is 0 Å². The van der Waals surface area contributed by atoms with Crippen LogP contribution in [0.15, 0.2) is 70.6 Å². The lowest BCUT2D eigenvalue weighted by atomic mass is 10.1. The summed E-state index contributed by atoms with van der Waals surface area (Å²) in [7, 11) is 0. The molecule has 4 rings (SSSR count). The minimum atomic E-state index is -0.319. The SMILES string of the molecule is CCOc1cc(/C=C2\SC(=Nc3ccc(Cl)cc3)N(CC(C)C)C2=O)cc(I)c1OCc1ccccc1F. The Kier molecular flexibility index (Phi) is 9.73.